The Balaban J connectivity index is 0.645. The third kappa shape index (κ3) is 9.65. The van der Waals surface area contributed by atoms with Crippen molar-refractivity contribution in [2.75, 3.05) is 70.5 Å². The third-order valence-corrected chi connectivity index (χ3v) is 19.7. The second-order valence-corrected chi connectivity index (χ2v) is 24.8. The molecule has 7 aliphatic rings. The van der Waals surface area contributed by atoms with Crippen molar-refractivity contribution in [3.8, 4) is 23.0 Å². The number of aryl methyl sites for hydroxylation is 2. The maximum absolute atomic E-state index is 17.3. The van der Waals surface area contributed by atoms with Crippen LogP contribution in [0.3, 0.4) is 0 Å². The van der Waals surface area contributed by atoms with Crippen molar-refractivity contribution in [2.45, 2.75) is 126 Å². The van der Waals surface area contributed by atoms with E-state index in [0.717, 1.165) is 83.1 Å². The number of aliphatic hydroxyl groups is 1. The molecule has 3 unspecified atom stereocenters. The zero-order valence-corrected chi connectivity index (χ0v) is 46.5. The molecular weight excluding hydrogens is 1040 g/mol. The summed E-state index contributed by atoms with van der Waals surface area (Å²) in [5.74, 6) is 0.0742. The summed E-state index contributed by atoms with van der Waals surface area (Å²) >= 11 is 0. The maximum atomic E-state index is 17.3. The fraction of sp³-hybridized carbons (Fsp3) is 0.557. The van der Waals surface area contributed by atoms with Gasteiger partial charge in [0.1, 0.15) is 47.9 Å². The quantitative estimate of drug-likeness (QED) is 0.101. The number of carbonyl (C=O) groups is 3. The molecule has 2 bridgehead atoms. The van der Waals surface area contributed by atoms with Gasteiger partial charge >= 0.3 is 17.8 Å². The number of fused-ring (bicyclic) bond motifs is 6. The van der Waals surface area contributed by atoms with E-state index in [1.54, 1.807) is 24.6 Å². The number of likely N-dealkylation sites (tertiary alicyclic amines) is 2. The van der Waals surface area contributed by atoms with E-state index in [1.165, 1.54) is 34.5 Å². The molecule has 3 aromatic carbocycles. The molecule has 18 nitrogen and oxygen atoms in total. The van der Waals surface area contributed by atoms with E-state index in [-0.39, 0.29) is 84.0 Å². The number of phenolic OH excluding ortho intramolecular Hbond substituents is 1. The number of phenols is 1. The lowest BCUT2D eigenvalue weighted by Gasteiger charge is -2.41. The lowest BCUT2D eigenvalue weighted by Crippen LogP contribution is -2.50. The highest BCUT2D eigenvalue weighted by molar-refractivity contribution is 6.02. The first-order valence-electron chi connectivity index (χ1n) is 29.4. The van der Waals surface area contributed by atoms with Crippen LogP contribution in [-0.4, -0.2) is 150 Å². The van der Waals surface area contributed by atoms with Gasteiger partial charge in [0.25, 0.3) is 0 Å². The Morgan fingerprint density at radius 1 is 0.901 bits per heavy atom. The van der Waals surface area contributed by atoms with E-state index in [4.69, 9.17) is 19.4 Å². The van der Waals surface area contributed by atoms with Gasteiger partial charge in [-0.1, -0.05) is 19.1 Å². The van der Waals surface area contributed by atoms with E-state index in [1.807, 2.05) is 22.8 Å². The topological polar surface area (TPSA) is 201 Å². The minimum Gasteiger partial charge on any atom is -0.508 e. The van der Waals surface area contributed by atoms with Crippen LogP contribution in [0.1, 0.15) is 114 Å². The Kier molecular flexibility index (Phi) is 13.8. The number of imide groups is 1. The van der Waals surface area contributed by atoms with Crippen LogP contribution >= 0.6 is 0 Å². The molecule has 1 saturated carbocycles. The van der Waals surface area contributed by atoms with E-state index in [0.29, 0.717) is 102 Å². The van der Waals surface area contributed by atoms with Crippen LogP contribution in [0.25, 0.3) is 44.0 Å². The number of halogens is 2. The van der Waals surface area contributed by atoms with Gasteiger partial charge in [0, 0.05) is 64.0 Å². The SMILES string of the molecule is CCc1c(F)ccc2cc(O)cc(-c3ncc4c(N5CCC[C@](C)(O)C5)nc(OC[C@]56CCCN5[C@@H](COC(=O)N5CC7CCC(C5)C7CN5CCC(c7ccc8c(c7)n(C)c(=O)n8C7CCC(=O)NC7=O)CC5)CC6)nc4c3F)c12. The molecule has 3 N–H and O–H groups in total. The number of hydrogen-bond acceptors (Lipinski definition) is 14. The average molecular weight is 1110 g/mol. The molecule has 9 heterocycles. The van der Waals surface area contributed by atoms with Gasteiger partial charge in [0.15, 0.2) is 5.82 Å². The summed E-state index contributed by atoms with van der Waals surface area (Å²) in [5.41, 5.74) is 1.58. The monoisotopic (exact) mass is 1110 g/mol. The minimum absolute atomic E-state index is 0.00896. The first kappa shape index (κ1) is 53.5. The molecule has 6 aliphatic heterocycles. The van der Waals surface area contributed by atoms with Crippen LogP contribution in [0.4, 0.5) is 19.4 Å². The van der Waals surface area contributed by atoms with Crippen molar-refractivity contribution in [2.24, 2.45) is 24.8 Å². The molecule has 6 atom stereocenters. The minimum atomic E-state index is -1.00. The summed E-state index contributed by atoms with van der Waals surface area (Å²) in [5, 5.41) is 25.7. The van der Waals surface area contributed by atoms with Gasteiger partial charge in [-0.2, -0.15) is 9.97 Å². The Morgan fingerprint density at radius 2 is 1.69 bits per heavy atom. The number of carbonyl (C=O) groups excluding carboxylic acids is 3. The summed E-state index contributed by atoms with van der Waals surface area (Å²) < 4.78 is 48.5. The van der Waals surface area contributed by atoms with Gasteiger partial charge in [-0.05, 0) is 180 Å². The highest BCUT2D eigenvalue weighted by Gasteiger charge is 2.51. The van der Waals surface area contributed by atoms with Gasteiger partial charge in [0.2, 0.25) is 11.8 Å². The second kappa shape index (κ2) is 20.9. The van der Waals surface area contributed by atoms with E-state index < -0.39 is 29.2 Å². The molecule has 0 radical (unpaired) electrons. The molecule has 20 heteroatoms. The number of aromatic hydroxyl groups is 1. The molecule has 7 fully saturated rings. The molecule has 81 heavy (non-hydrogen) atoms. The van der Waals surface area contributed by atoms with Crippen LogP contribution in [0, 0.1) is 29.4 Å². The standard InChI is InChI=1S/C61H72F2N10O8/c1-4-42-46(62)11-9-37-25-41(74)27-43(51(37)42)53-52(63)54-44(28-64-53)55(70-21-5-18-60(2,79)33-70)67-57(66-54)81-34-61-19-6-22-72(61)40(15-20-61)32-80-59(78)71-29-38-7-8-39(30-71)45(38)31-69-23-16-35(17-24-69)36-10-12-47-49(26-36)68(3)58(77)73(47)48-13-14-50(75)65-56(48)76/h9-12,25-28,35,38-40,45,48,74,79H,4-8,13-24,29-34H2,1-3H3,(H,65,75,76)/t38?,39?,40-,45?,48?,60+,61-/m1/s1. The van der Waals surface area contributed by atoms with Crippen molar-refractivity contribution >= 4 is 56.4 Å². The van der Waals surface area contributed by atoms with Crippen LogP contribution in [0.15, 0.2) is 53.5 Å². The van der Waals surface area contributed by atoms with Crippen molar-refractivity contribution in [1.29, 1.82) is 0 Å². The summed E-state index contributed by atoms with van der Waals surface area (Å²) in [4.78, 5) is 75.0. The predicted octanol–water partition coefficient (Wildman–Crippen LogP) is 7.72. The number of amides is 3. The summed E-state index contributed by atoms with van der Waals surface area (Å²) in [6.45, 7) is 10.1. The number of pyridine rings is 1. The summed E-state index contributed by atoms with van der Waals surface area (Å²) in [6, 6.07) is 11.3. The van der Waals surface area contributed by atoms with Gasteiger partial charge in [-0.25, -0.2) is 18.4 Å². The number of β-amino-alcohol motifs (C(OH)–C–C–N with tert-alkyl or cyclic N) is 1. The van der Waals surface area contributed by atoms with E-state index in [9.17, 15) is 29.4 Å². The molecule has 1 aliphatic carbocycles. The van der Waals surface area contributed by atoms with Crippen LogP contribution in [0.5, 0.6) is 11.8 Å². The highest BCUT2D eigenvalue weighted by Crippen LogP contribution is 2.46. The van der Waals surface area contributed by atoms with Crippen LogP contribution in [0.2, 0.25) is 0 Å². The maximum Gasteiger partial charge on any atom is 0.409 e. The molecule has 3 aromatic heterocycles. The first-order chi connectivity index (χ1) is 39.0. The number of hydrogen-bond donors (Lipinski definition) is 3. The Labute approximate surface area is 468 Å². The molecule has 428 valence electrons. The zero-order chi connectivity index (χ0) is 56.1. The van der Waals surface area contributed by atoms with Crippen LogP contribution < -0.4 is 20.6 Å². The van der Waals surface area contributed by atoms with Crippen molar-refractivity contribution < 1.29 is 42.9 Å². The number of benzene rings is 3. The molecule has 3 amide bonds. The predicted molar refractivity (Wildman–Crippen MR) is 300 cm³/mol. The fourth-order valence-corrected chi connectivity index (χ4v) is 15.6. The van der Waals surface area contributed by atoms with Gasteiger partial charge < -0.3 is 34.4 Å². The normalized spacial score (nSPS) is 27.5. The number of imidazole rings is 1. The van der Waals surface area contributed by atoms with Crippen molar-refractivity contribution in [3.05, 3.63) is 81.9 Å². The highest BCUT2D eigenvalue weighted by atomic mass is 19.1. The second-order valence-electron chi connectivity index (χ2n) is 24.8. The van der Waals surface area contributed by atoms with E-state index in [2.05, 4.69) is 32.2 Å². The number of aromatic nitrogens is 5. The first-order valence-corrected chi connectivity index (χ1v) is 29.4. The van der Waals surface area contributed by atoms with Gasteiger partial charge in [-0.15, -0.1) is 0 Å². The molecule has 6 aromatic rings. The summed E-state index contributed by atoms with van der Waals surface area (Å²) in [6.07, 6.45) is 11.1. The lowest BCUT2D eigenvalue weighted by atomic mass is 9.83. The number of rotatable bonds is 12. The Bertz CT molecular complexity index is 3550. The fourth-order valence-electron chi connectivity index (χ4n) is 15.6. The Morgan fingerprint density at radius 3 is 2.46 bits per heavy atom. The number of nitrogens with one attached hydrogen (secondary N) is 1. The molecular formula is C61H72F2N10O8. The van der Waals surface area contributed by atoms with E-state index >= 15 is 8.78 Å². The molecule has 0 spiro atoms. The van der Waals surface area contributed by atoms with Crippen molar-refractivity contribution in [3.63, 3.8) is 0 Å². The molecule has 6 saturated heterocycles. The number of ether oxygens (including phenoxy) is 2. The third-order valence-electron chi connectivity index (χ3n) is 19.7. The number of piperidine rings is 4. The van der Waals surface area contributed by atoms with Crippen LogP contribution in [-0.2, 0) is 27.8 Å². The largest absolute Gasteiger partial charge is 0.508 e. The Hall–Kier alpha value is -6.77. The van der Waals surface area contributed by atoms with Gasteiger partial charge in [0.05, 0.1) is 27.6 Å². The van der Waals surface area contributed by atoms with Gasteiger partial charge in [-0.3, -0.25) is 33.9 Å². The lowest BCUT2D eigenvalue weighted by molar-refractivity contribution is -0.135. The van der Waals surface area contributed by atoms with Crippen molar-refractivity contribution in [1.82, 2.24) is 44.1 Å². The number of nitrogens with zero attached hydrogens (tertiary/aromatic N) is 9. The average Bonchev–Trinajstić information content (AvgIpc) is 4.34. The zero-order valence-electron chi connectivity index (χ0n) is 46.5. The summed E-state index contributed by atoms with van der Waals surface area (Å²) in [7, 11) is 1.74. The smallest absolute Gasteiger partial charge is 0.409 e. The number of anilines is 1. The molecule has 13 rings (SSSR count).